The molecule has 1 fully saturated rings. The second-order valence-electron chi connectivity index (χ2n) is 6.25. The predicted molar refractivity (Wildman–Crippen MR) is 99.7 cm³/mol. The molecule has 0 spiro atoms. The first kappa shape index (κ1) is 18.7. The smallest absolute Gasteiger partial charge is 0.337 e. The van der Waals surface area contributed by atoms with Gasteiger partial charge in [-0.15, -0.1) is 10.2 Å². The van der Waals surface area contributed by atoms with Gasteiger partial charge in [0.2, 0.25) is 0 Å². The minimum Gasteiger partial charge on any atom is -0.496 e. The van der Waals surface area contributed by atoms with Crippen molar-refractivity contribution < 1.29 is 14.3 Å². The number of hydrogen-bond donors (Lipinski definition) is 1. The number of aromatic nitrogens is 3. The minimum absolute atomic E-state index is 0.357. The molecule has 0 bridgehead atoms. The van der Waals surface area contributed by atoms with Crippen molar-refractivity contribution in [2.24, 2.45) is 7.05 Å². The van der Waals surface area contributed by atoms with E-state index in [4.69, 9.17) is 9.47 Å². The van der Waals surface area contributed by atoms with Crippen molar-refractivity contribution >= 4 is 17.7 Å². The normalized spacial score (nSPS) is 17.1. The van der Waals surface area contributed by atoms with Crippen molar-refractivity contribution in [3.05, 3.63) is 35.2 Å². The van der Waals surface area contributed by atoms with Gasteiger partial charge in [-0.05, 0) is 37.6 Å². The Balaban J connectivity index is 1.74. The standard InChI is InChI=1S/C18H24N4O3S/c1-22-16(13-5-4-8-19-10-13)20-21-18(22)26-11-14-9-12(17(23)25-3)6-7-15(14)24-2/h6-7,9,13,19H,4-5,8,10-11H2,1-3H3/t13-/m1/s1. The van der Waals surface area contributed by atoms with Gasteiger partial charge in [0.25, 0.3) is 0 Å². The summed E-state index contributed by atoms with van der Waals surface area (Å²) >= 11 is 1.58. The zero-order valence-electron chi connectivity index (χ0n) is 15.3. The molecule has 1 aliphatic heterocycles. The van der Waals surface area contributed by atoms with Gasteiger partial charge in [0.15, 0.2) is 5.16 Å². The molecule has 7 nitrogen and oxygen atoms in total. The molecular weight excluding hydrogens is 352 g/mol. The summed E-state index contributed by atoms with van der Waals surface area (Å²) in [5.74, 6) is 2.44. The number of esters is 1. The fraction of sp³-hybridized carbons (Fsp3) is 0.500. The Morgan fingerprint density at radius 2 is 2.23 bits per heavy atom. The Kier molecular flexibility index (Phi) is 6.16. The highest BCUT2D eigenvalue weighted by Gasteiger charge is 2.22. The highest BCUT2D eigenvalue weighted by molar-refractivity contribution is 7.98. The molecule has 0 unspecified atom stereocenters. The third-order valence-electron chi connectivity index (χ3n) is 4.59. The Bertz CT molecular complexity index is 772. The van der Waals surface area contributed by atoms with Crippen LogP contribution in [0.3, 0.4) is 0 Å². The average molecular weight is 376 g/mol. The van der Waals surface area contributed by atoms with Crippen LogP contribution in [0.4, 0.5) is 0 Å². The van der Waals surface area contributed by atoms with Gasteiger partial charge in [-0.25, -0.2) is 4.79 Å². The highest BCUT2D eigenvalue weighted by Crippen LogP contribution is 2.30. The highest BCUT2D eigenvalue weighted by atomic mass is 32.2. The van der Waals surface area contributed by atoms with E-state index in [1.807, 2.05) is 7.05 Å². The quantitative estimate of drug-likeness (QED) is 0.612. The van der Waals surface area contributed by atoms with Crippen LogP contribution in [0.5, 0.6) is 5.75 Å². The number of carbonyl (C=O) groups is 1. The van der Waals surface area contributed by atoms with E-state index in [0.717, 1.165) is 48.2 Å². The molecule has 1 N–H and O–H groups in total. The summed E-state index contributed by atoms with van der Waals surface area (Å²) in [6, 6.07) is 5.30. The van der Waals surface area contributed by atoms with E-state index in [1.54, 1.807) is 37.1 Å². The van der Waals surface area contributed by atoms with Crippen LogP contribution < -0.4 is 10.1 Å². The summed E-state index contributed by atoms with van der Waals surface area (Å²) in [5, 5.41) is 13.0. The largest absolute Gasteiger partial charge is 0.496 e. The van der Waals surface area contributed by atoms with Gasteiger partial charge in [0.1, 0.15) is 11.6 Å². The number of thioether (sulfide) groups is 1. The number of nitrogens with one attached hydrogen (secondary N) is 1. The molecule has 1 atom stereocenters. The van der Waals surface area contributed by atoms with Crippen LogP contribution in [0.2, 0.25) is 0 Å². The lowest BCUT2D eigenvalue weighted by Crippen LogP contribution is -2.29. The SMILES string of the molecule is COC(=O)c1ccc(OC)c(CSc2nnc([C@@H]3CCCNC3)n2C)c1. The molecule has 1 aromatic heterocycles. The van der Waals surface area contributed by atoms with E-state index in [0.29, 0.717) is 17.2 Å². The fourth-order valence-electron chi connectivity index (χ4n) is 3.16. The number of nitrogens with zero attached hydrogens (tertiary/aromatic N) is 3. The van der Waals surface area contributed by atoms with Crippen LogP contribution in [0, 0.1) is 0 Å². The van der Waals surface area contributed by atoms with Gasteiger partial charge in [0.05, 0.1) is 19.8 Å². The van der Waals surface area contributed by atoms with Gasteiger partial charge in [-0.2, -0.15) is 0 Å². The monoisotopic (exact) mass is 376 g/mol. The average Bonchev–Trinajstić information content (AvgIpc) is 3.06. The van der Waals surface area contributed by atoms with Gasteiger partial charge in [-0.1, -0.05) is 11.8 Å². The maximum Gasteiger partial charge on any atom is 0.337 e. The Labute approximate surface area is 157 Å². The maximum atomic E-state index is 11.8. The van der Waals surface area contributed by atoms with E-state index >= 15 is 0 Å². The molecule has 8 heteroatoms. The summed E-state index contributed by atoms with van der Waals surface area (Å²) < 4.78 is 12.3. The summed E-state index contributed by atoms with van der Waals surface area (Å²) in [6.07, 6.45) is 2.30. The van der Waals surface area contributed by atoms with Gasteiger partial charge >= 0.3 is 5.97 Å². The van der Waals surface area contributed by atoms with E-state index in [1.165, 1.54) is 7.11 Å². The van der Waals surface area contributed by atoms with E-state index in [-0.39, 0.29) is 5.97 Å². The number of benzene rings is 1. The van der Waals surface area contributed by atoms with Gasteiger partial charge in [-0.3, -0.25) is 0 Å². The molecule has 3 rings (SSSR count). The molecule has 140 valence electrons. The summed E-state index contributed by atoms with van der Waals surface area (Å²) in [7, 11) is 5.01. The first-order chi connectivity index (χ1) is 12.6. The predicted octanol–water partition coefficient (Wildman–Crippen LogP) is 2.37. The maximum absolute atomic E-state index is 11.8. The molecule has 26 heavy (non-hydrogen) atoms. The number of methoxy groups -OCH3 is 2. The molecule has 0 amide bonds. The van der Waals surface area contributed by atoms with Crippen molar-refractivity contribution in [3.63, 3.8) is 0 Å². The topological polar surface area (TPSA) is 78.3 Å². The third-order valence-corrected chi connectivity index (χ3v) is 5.66. The zero-order valence-corrected chi connectivity index (χ0v) is 16.1. The Morgan fingerprint density at radius 1 is 1.38 bits per heavy atom. The second-order valence-corrected chi connectivity index (χ2v) is 7.19. The lowest BCUT2D eigenvalue weighted by Gasteiger charge is -2.21. The van der Waals surface area contributed by atoms with Crippen LogP contribution in [-0.4, -0.2) is 48.0 Å². The van der Waals surface area contributed by atoms with Gasteiger partial charge in [0, 0.05) is 30.8 Å². The minimum atomic E-state index is -0.357. The fourth-order valence-corrected chi connectivity index (χ4v) is 4.05. The number of hydrogen-bond acceptors (Lipinski definition) is 7. The molecule has 2 aromatic rings. The first-order valence-corrected chi connectivity index (χ1v) is 9.60. The number of carbonyl (C=O) groups excluding carboxylic acids is 1. The van der Waals surface area contributed by atoms with Crippen LogP contribution >= 0.6 is 11.8 Å². The van der Waals surface area contributed by atoms with Crippen LogP contribution in [0.15, 0.2) is 23.4 Å². The molecule has 0 radical (unpaired) electrons. The van der Waals surface area contributed by atoms with Gasteiger partial charge < -0.3 is 19.4 Å². The van der Waals surface area contributed by atoms with Crippen molar-refractivity contribution in [2.45, 2.75) is 29.7 Å². The zero-order chi connectivity index (χ0) is 18.5. The van der Waals surface area contributed by atoms with Crippen molar-refractivity contribution in [1.29, 1.82) is 0 Å². The number of ether oxygens (including phenoxy) is 2. The van der Waals surface area contributed by atoms with E-state index < -0.39 is 0 Å². The molecule has 0 saturated carbocycles. The van der Waals surface area contributed by atoms with Crippen LogP contribution in [0.1, 0.15) is 40.5 Å². The lowest BCUT2D eigenvalue weighted by molar-refractivity contribution is 0.0600. The number of rotatable bonds is 6. The molecular formula is C18H24N4O3S. The summed E-state index contributed by atoms with van der Waals surface area (Å²) in [4.78, 5) is 11.8. The summed E-state index contributed by atoms with van der Waals surface area (Å²) in [6.45, 7) is 2.03. The van der Waals surface area contributed by atoms with Crippen molar-refractivity contribution in [3.8, 4) is 5.75 Å². The van der Waals surface area contributed by atoms with Crippen molar-refractivity contribution in [1.82, 2.24) is 20.1 Å². The molecule has 0 aliphatic carbocycles. The van der Waals surface area contributed by atoms with Crippen molar-refractivity contribution in [2.75, 3.05) is 27.3 Å². The van der Waals surface area contributed by atoms with E-state index in [2.05, 4.69) is 20.1 Å². The third kappa shape index (κ3) is 4.02. The lowest BCUT2D eigenvalue weighted by atomic mass is 9.99. The molecule has 2 heterocycles. The second kappa shape index (κ2) is 8.55. The van der Waals surface area contributed by atoms with Crippen LogP contribution in [-0.2, 0) is 17.5 Å². The molecule has 1 aromatic carbocycles. The molecule has 1 aliphatic rings. The Hall–Kier alpha value is -2.06. The van der Waals surface area contributed by atoms with E-state index in [9.17, 15) is 4.79 Å². The first-order valence-electron chi connectivity index (χ1n) is 8.62. The number of piperidine rings is 1. The van der Waals surface area contributed by atoms with Crippen LogP contribution in [0.25, 0.3) is 0 Å². The molecule has 1 saturated heterocycles. The summed E-state index contributed by atoms with van der Waals surface area (Å²) in [5.41, 5.74) is 1.43. The Morgan fingerprint density at radius 3 is 2.92 bits per heavy atom.